The van der Waals surface area contributed by atoms with E-state index in [1.165, 1.54) is 5.56 Å². The molecule has 6 nitrogen and oxygen atoms in total. The molecular formula is C24H27N5OS. The van der Waals surface area contributed by atoms with Crippen molar-refractivity contribution < 1.29 is 4.79 Å². The lowest BCUT2D eigenvalue weighted by Gasteiger charge is -2.35. The van der Waals surface area contributed by atoms with Gasteiger partial charge in [-0.2, -0.15) is 4.98 Å². The molecule has 0 unspecified atom stereocenters. The van der Waals surface area contributed by atoms with Crippen molar-refractivity contribution in [2.45, 2.75) is 18.7 Å². The van der Waals surface area contributed by atoms with Crippen molar-refractivity contribution in [2.24, 2.45) is 0 Å². The fraction of sp³-hybridized carbons (Fsp3) is 0.292. The molecule has 1 fully saturated rings. The number of thioether (sulfide) groups is 1. The molecule has 0 saturated carbocycles. The molecule has 0 aliphatic carbocycles. The standard InChI is InChI=1S/C24H27N5OS/c1-17-4-8-20(9-5-17)26-22-16-18(2)25-24(27-22)29-14-12-28(13-15-29)23(30)19-6-10-21(31-3)11-7-19/h4-11,16H,12-15H2,1-3H3,(H,25,26,27). The number of rotatable bonds is 5. The van der Waals surface area contributed by atoms with E-state index in [4.69, 9.17) is 4.98 Å². The second kappa shape index (κ2) is 9.39. The van der Waals surface area contributed by atoms with Gasteiger partial charge in [0.15, 0.2) is 0 Å². The van der Waals surface area contributed by atoms with E-state index in [-0.39, 0.29) is 5.91 Å². The Morgan fingerprint density at radius 2 is 1.61 bits per heavy atom. The number of hydrogen-bond donors (Lipinski definition) is 1. The van der Waals surface area contributed by atoms with Gasteiger partial charge in [-0.1, -0.05) is 17.7 Å². The summed E-state index contributed by atoms with van der Waals surface area (Å²) in [5, 5.41) is 3.37. The maximum absolute atomic E-state index is 12.8. The zero-order chi connectivity index (χ0) is 21.8. The molecule has 2 heterocycles. The van der Waals surface area contributed by atoms with Crippen LogP contribution in [0.15, 0.2) is 59.5 Å². The van der Waals surface area contributed by atoms with Crippen LogP contribution in [-0.4, -0.2) is 53.2 Å². The Bertz CT molecular complexity index is 1040. The maximum Gasteiger partial charge on any atom is 0.253 e. The minimum atomic E-state index is 0.0826. The average Bonchev–Trinajstić information content (AvgIpc) is 2.80. The number of hydrogen-bond acceptors (Lipinski definition) is 6. The van der Waals surface area contributed by atoms with Crippen molar-refractivity contribution in [1.29, 1.82) is 0 Å². The average molecular weight is 434 g/mol. The topological polar surface area (TPSA) is 61.4 Å². The number of benzene rings is 2. The third-order valence-corrected chi connectivity index (χ3v) is 6.10. The number of anilines is 3. The van der Waals surface area contributed by atoms with Gasteiger partial charge in [-0.05, 0) is 56.5 Å². The van der Waals surface area contributed by atoms with Gasteiger partial charge in [0.05, 0.1) is 0 Å². The van der Waals surface area contributed by atoms with Crippen LogP contribution >= 0.6 is 11.8 Å². The molecular weight excluding hydrogens is 406 g/mol. The molecule has 1 amide bonds. The molecule has 160 valence electrons. The summed E-state index contributed by atoms with van der Waals surface area (Å²) in [4.78, 5) is 27.4. The minimum Gasteiger partial charge on any atom is -0.340 e. The summed E-state index contributed by atoms with van der Waals surface area (Å²) in [6.07, 6.45) is 2.03. The van der Waals surface area contributed by atoms with Crippen LogP contribution in [0.5, 0.6) is 0 Å². The monoisotopic (exact) mass is 433 g/mol. The van der Waals surface area contributed by atoms with Crippen molar-refractivity contribution in [3.63, 3.8) is 0 Å². The smallest absolute Gasteiger partial charge is 0.253 e. The number of nitrogens with one attached hydrogen (secondary N) is 1. The van der Waals surface area contributed by atoms with Crippen LogP contribution in [0.2, 0.25) is 0 Å². The summed E-state index contributed by atoms with van der Waals surface area (Å²) in [7, 11) is 0. The SMILES string of the molecule is CSc1ccc(C(=O)N2CCN(c3nc(C)cc(Nc4ccc(C)cc4)n3)CC2)cc1. The molecule has 0 radical (unpaired) electrons. The summed E-state index contributed by atoms with van der Waals surface area (Å²) in [5.41, 5.74) is 3.87. The van der Waals surface area contributed by atoms with Gasteiger partial charge in [-0.25, -0.2) is 4.98 Å². The number of carbonyl (C=O) groups excluding carboxylic acids is 1. The van der Waals surface area contributed by atoms with Gasteiger partial charge in [0, 0.05) is 54.1 Å². The van der Waals surface area contributed by atoms with Crippen molar-refractivity contribution in [1.82, 2.24) is 14.9 Å². The lowest BCUT2D eigenvalue weighted by molar-refractivity contribution is 0.0746. The number of amides is 1. The van der Waals surface area contributed by atoms with Crippen LogP contribution in [0.25, 0.3) is 0 Å². The molecule has 1 aromatic heterocycles. The normalized spacial score (nSPS) is 13.9. The van der Waals surface area contributed by atoms with Gasteiger partial charge in [-0.3, -0.25) is 4.79 Å². The van der Waals surface area contributed by atoms with E-state index in [1.54, 1.807) is 11.8 Å². The second-order valence-corrected chi connectivity index (χ2v) is 8.57. The Morgan fingerprint density at radius 1 is 0.935 bits per heavy atom. The highest BCUT2D eigenvalue weighted by Gasteiger charge is 2.24. The van der Waals surface area contributed by atoms with E-state index in [9.17, 15) is 4.79 Å². The molecule has 3 aromatic rings. The highest BCUT2D eigenvalue weighted by Crippen LogP contribution is 2.21. The number of carbonyl (C=O) groups is 1. The quantitative estimate of drug-likeness (QED) is 0.597. The van der Waals surface area contributed by atoms with Crippen molar-refractivity contribution in [3.05, 3.63) is 71.4 Å². The Kier molecular flexibility index (Phi) is 6.42. The fourth-order valence-corrected chi connectivity index (χ4v) is 3.98. The van der Waals surface area contributed by atoms with E-state index in [2.05, 4.69) is 34.3 Å². The summed E-state index contributed by atoms with van der Waals surface area (Å²) in [6, 6.07) is 18.0. The number of piperazine rings is 1. The maximum atomic E-state index is 12.8. The molecule has 1 saturated heterocycles. The van der Waals surface area contributed by atoms with Crippen molar-refractivity contribution >= 4 is 35.1 Å². The van der Waals surface area contributed by atoms with Gasteiger partial charge < -0.3 is 15.1 Å². The summed E-state index contributed by atoms with van der Waals surface area (Å²) < 4.78 is 0. The van der Waals surface area contributed by atoms with E-state index >= 15 is 0 Å². The van der Waals surface area contributed by atoms with Gasteiger partial charge in [0.2, 0.25) is 5.95 Å². The Labute approximate surface area is 187 Å². The summed E-state index contributed by atoms with van der Waals surface area (Å²) in [6.45, 7) is 6.77. The molecule has 1 aliphatic heterocycles. The fourth-order valence-electron chi connectivity index (χ4n) is 3.57. The van der Waals surface area contributed by atoms with Crippen LogP contribution in [0.1, 0.15) is 21.6 Å². The minimum absolute atomic E-state index is 0.0826. The van der Waals surface area contributed by atoms with Gasteiger partial charge in [0.25, 0.3) is 5.91 Å². The zero-order valence-corrected chi connectivity index (χ0v) is 18.9. The van der Waals surface area contributed by atoms with Gasteiger partial charge >= 0.3 is 0 Å². The van der Waals surface area contributed by atoms with E-state index < -0.39 is 0 Å². The summed E-state index contributed by atoms with van der Waals surface area (Å²) >= 11 is 1.68. The van der Waals surface area contributed by atoms with Gasteiger partial charge in [-0.15, -0.1) is 11.8 Å². The van der Waals surface area contributed by atoms with E-state index in [0.29, 0.717) is 32.1 Å². The summed E-state index contributed by atoms with van der Waals surface area (Å²) in [5.74, 6) is 1.56. The highest BCUT2D eigenvalue weighted by molar-refractivity contribution is 7.98. The number of nitrogens with zero attached hydrogens (tertiary/aromatic N) is 4. The Hall–Kier alpha value is -3.06. The predicted octanol–water partition coefficient (Wildman–Crippen LogP) is 4.52. The molecule has 31 heavy (non-hydrogen) atoms. The lowest BCUT2D eigenvalue weighted by Crippen LogP contribution is -2.49. The largest absolute Gasteiger partial charge is 0.340 e. The molecule has 7 heteroatoms. The van der Waals surface area contributed by atoms with Crippen LogP contribution in [0.3, 0.4) is 0 Å². The molecule has 0 spiro atoms. The third-order valence-electron chi connectivity index (χ3n) is 5.35. The van der Waals surface area contributed by atoms with Gasteiger partial charge in [0.1, 0.15) is 5.82 Å². The van der Waals surface area contributed by atoms with Crippen LogP contribution in [0.4, 0.5) is 17.5 Å². The molecule has 2 aromatic carbocycles. The lowest BCUT2D eigenvalue weighted by atomic mass is 10.2. The van der Waals surface area contributed by atoms with E-state index in [0.717, 1.165) is 27.7 Å². The van der Waals surface area contributed by atoms with Crippen LogP contribution in [0, 0.1) is 13.8 Å². The third kappa shape index (κ3) is 5.17. The molecule has 0 bridgehead atoms. The first-order valence-electron chi connectivity index (χ1n) is 10.4. The van der Waals surface area contributed by atoms with E-state index in [1.807, 2.05) is 60.5 Å². The number of aromatic nitrogens is 2. The van der Waals surface area contributed by atoms with Crippen LogP contribution < -0.4 is 10.2 Å². The first kappa shape index (κ1) is 21.2. The molecule has 1 N–H and O–H groups in total. The number of aryl methyl sites for hydroxylation is 2. The Morgan fingerprint density at radius 3 is 2.26 bits per heavy atom. The predicted molar refractivity (Wildman–Crippen MR) is 128 cm³/mol. The first-order valence-corrected chi connectivity index (χ1v) is 11.6. The Balaban J connectivity index is 1.41. The van der Waals surface area contributed by atoms with Crippen molar-refractivity contribution in [3.8, 4) is 0 Å². The second-order valence-electron chi connectivity index (χ2n) is 7.69. The molecule has 4 rings (SSSR count). The molecule has 1 aliphatic rings. The van der Waals surface area contributed by atoms with Crippen LogP contribution in [-0.2, 0) is 0 Å². The first-order chi connectivity index (χ1) is 15.0. The molecule has 0 atom stereocenters. The highest BCUT2D eigenvalue weighted by atomic mass is 32.2. The zero-order valence-electron chi connectivity index (χ0n) is 18.1. The van der Waals surface area contributed by atoms with Crippen molar-refractivity contribution in [2.75, 3.05) is 42.7 Å².